The molecule has 0 N–H and O–H groups in total. The number of ether oxygens (including phenoxy) is 2. The standard InChI is InChI=1S/C27H33N3O3/c1-20(2)14-17-31-25-11-9-23-24(29-33-26(23)27(25)32-19-28)10-8-21-12-15-30(16-13-21)18-22-6-4-3-5-7-22/h4,6-7,9,11,14,21H,3,5,8,10,12-13,15-18H2,1-2H3. The van der Waals surface area contributed by atoms with Crippen molar-refractivity contribution >= 4 is 11.0 Å². The van der Waals surface area contributed by atoms with Gasteiger partial charge >= 0.3 is 0 Å². The van der Waals surface area contributed by atoms with Crippen LogP contribution in [0.1, 0.15) is 51.6 Å². The Morgan fingerprint density at radius 2 is 2.12 bits per heavy atom. The van der Waals surface area contributed by atoms with Crippen LogP contribution in [0.5, 0.6) is 11.5 Å². The van der Waals surface area contributed by atoms with E-state index in [4.69, 9.17) is 19.3 Å². The van der Waals surface area contributed by atoms with Gasteiger partial charge in [0.15, 0.2) is 5.75 Å². The topological polar surface area (TPSA) is 71.5 Å². The number of aromatic nitrogens is 1. The first-order chi connectivity index (χ1) is 16.1. The van der Waals surface area contributed by atoms with Crippen LogP contribution in [0.4, 0.5) is 0 Å². The Hall–Kier alpha value is -3.04. The van der Waals surface area contributed by atoms with E-state index in [1.807, 2.05) is 32.1 Å². The largest absolute Gasteiger partial charge is 0.485 e. The van der Waals surface area contributed by atoms with E-state index in [0.717, 1.165) is 49.1 Å². The molecule has 0 radical (unpaired) electrons. The predicted octanol–water partition coefficient (Wildman–Crippen LogP) is 5.95. The molecular weight excluding hydrogens is 414 g/mol. The average Bonchev–Trinajstić information content (AvgIpc) is 3.24. The van der Waals surface area contributed by atoms with Gasteiger partial charge in [0.25, 0.3) is 6.26 Å². The minimum atomic E-state index is 0.301. The zero-order chi connectivity index (χ0) is 23.0. The fourth-order valence-corrected chi connectivity index (χ4v) is 4.56. The molecule has 33 heavy (non-hydrogen) atoms. The van der Waals surface area contributed by atoms with Crippen LogP contribution in [0.3, 0.4) is 0 Å². The number of allylic oxidation sites excluding steroid dienone is 3. The molecule has 0 amide bonds. The van der Waals surface area contributed by atoms with E-state index in [1.165, 1.54) is 31.3 Å². The maximum Gasteiger partial charge on any atom is 0.292 e. The summed E-state index contributed by atoms with van der Waals surface area (Å²) in [4.78, 5) is 2.58. The third-order valence-corrected chi connectivity index (χ3v) is 6.49. The minimum Gasteiger partial charge on any atom is -0.485 e. The van der Waals surface area contributed by atoms with Crippen LogP contribution >= 0.6 is 0 Å². The highest BCUT2D eigenvalue weighted by molar-refractivity contribution is 5.87. The molecule has 0 atom stereocenters. The van der Waals surface area contributed by atoms with E-state index < -0.39 is 0 Å². The Balaban J connectivity index is 1.35. The van der Waals surface area contributed by atoms with E-state index >= 15 is 0 Å². The lowest BCUT2D eigenvalue weighted by Gasteiger charge is -2.32. The Kier molecular flexibility index (Phi) is 7.85. The normalized spacial score (nSPS) is 16.9. The van der Waals surface area contributed by atoms with Gasteiger partial charge < -0.3 is 14.0 Å². The van der Waals surface area contributed by atoms with Crippen molar-refractivity contribution in [3.63, 3.8) is 0 Å². The Labute approximate surface area is 196 Å². The highest BCUT2D eigenvalue weighted by atomic mass is 16.5. The molecular formula is C27H33N3O3. The summed E-state index contributed by atoms with van der Waals surface area (Å²) < 4.78 is 16.6. The number of rotatable bonds is 9. The van der Waals surface area contributed by atoms with Crippen molar-refractivity contribution in [1.29, 1.82) is 5.26 Å². The van der Waals surface area contributed by atoms with Crippen LogP contribution in [0.15, 0.2) is 52.1 Å². The molecule has 1 fully saturated rings. The summed E-state index contributed by atoms with van der Waals surface area (Å²) in [5.74, 6) is 1.49. The van der Waals surface area contributed by atoms with Gasteiger partial charge in [-0.05, 0) is 95.2 Å². The highest BCUT2D eigenvalue weighted by Crippen LogP contribution is 2.38. The lowest BCUT2D eigenvalue weighted by atomic mass is 9.91. The molecule has 2 aromatic rings. The van der Waals surface area contributed by atoms with Gasteiger partial charge in [-0.15, -0.1) is 5.26 Å². The Morgan fingerprint density at radius 3 is 2.85 bits per heavy atom. The molecule has 4 rings (SSSR count). The van der Waals surface area contributed by atoms with Gasteiger partial charge in [-0.25, -0.2) is 0 Å². The first kappa shape index (κ1) is 23.1. The molecule has 2 heterocycles. The third kappa shape index (κ3) is 6.06. The van der Waals surface area contributed by atoms with Crippen molar-refractivity contribution in [3.05, 3.63) is 53.3 Å². The van der Waals surface area contributed by atoms with Crippen LogP contribution in [-0.2, 0) is 6.42 Å². The first-order valence-electron chi connectivity index (χ1n) is 12.0. The van der Waals surface area contributed by atoms with Crippen molar-refractivity contribution in [2.24, 2.45) is 5.92 Å². The predicted molar refractivity (Wildman–Crippen MR) is 129 cm³/mol. The summed E-state index contributed by atoms with van der Waals surface area (Å²) in [6.07, 6.45) is 17.4. The number of fused-ring (bicyclic) bond motifs is 1. The van der Waals surface area contributed by atoms with Gasteiger partial charge in [-0.2, -0.15) is 0 Å². The van der Waals surface area contributed by atoms with Crippen molar-refractivity contribution in [2.45, 2.75) is 52.4 Å². The van der Waals surface area contributed by atoms with Crippen LogP contribution in [0, 0.1) is 17.4 Å². The lowest BCUT2D eigenvalue weighted by Crippen LogP contribution is -2.35. The molecule has 1 aliphatic heterocycles. The second-order valence-electron chi connectivity index (χ2n) is 9.20. The van der Waals surface area contributed by atoms with E-state index in [1.54, 1.807) is 6.26 Å². The maximum absolute atomic E-state index is 9.11. The van der Waals surface area contributed by atoms with Gasteiger partial charge in [0.2, 0.25) is 11.3 Å². The molecule has 1 saturated heterocycles. The number of piperidine rings is 1. The summed E-state index contributed by atoms with van der Waals surface area (Å²) in [5.41, 5.74) is 4.02. The SMILES string of the molecule is CC(C)=CCOc1ccc2c(CCC3CCN(CC4=CCCC=C4)CC3)noc2c1OC#N. The van der Waals surface area contributed by atoms with Crippen molar-refractivity contribution in [2.75, 3.05) is 26.2 Å². The quantitative estimate of drug-likeness (QED) is 0.349. The van der Waals surface area contributed by atoms with E-state index in [-0.39, 0.29) is 0 Å². The number of nitriles is 1. The summed E-state index contributed by atoms with van der Waals surface area (Å²) in [5, 5.41) is 14.3. The Morgan fingerprint density at radius 1 is 1.27 bits per heavy atom. The average molecular weight is 448 g/mol. The fraction of sp³-hybridized carbons (Fsp3) is 0.481. The minimum absolute atomic E-state index is 0.301. The summed E-state index contributed by atoms with van der Waals surface area (Å²) in [7, 11) is 0. The van der Waals surface area contributed by atoms with Crippen molar-refractivity contribution in [1.82, 2.24) is 10.1 Å². The van der Waals surface area contributed by atoms with Crippen LogP contribution in [0.25, 0.3) is 11.0 Å². The Bertz CT molecular complexity index is 1080. The molecule has 0 saturated carbocycles. The molecule has 0 unspecified atom stereocenters. The number of hydrogen-bond donors (Lipinski definition) is 0. The molecule has 0 spiro atoms. The van der Waals surface area contributed by atoms with Gasteiger partial charge in [-0.3, -0.25) is 4.90 Å². The molecule has 6 nitrogen and oxygen atoms in total. The maximum atomic E-state index is 9.11. The van der Waals surface area contributed by atoms with Gasteiger partial charge in [-0.1, -0.05) is 29.0 Å². The lowest BCUT2D eigenvalue weighted by molar-refractivity contribution is 0.192. The zero-order valence-electron chi connectivity index (χ0n) is 19.7. The molecule has 0 bridgehead atoms. The molecule has 1 aromatic carbocycles. The van der Waals surface area contributed by atoms with Gasteiger partial charge in [0.1, 0.15) is 6.61 Å². The van der Waals surface area contributed by atoms with Crippen LogP contribution in [-0.4, -0.2) is 36.3 Å². The molecule has 1 aliphatic carbocycles. The van der Waals surface area contributed by atoms with Crippen LogP contribution < -0.4 is 9.47 Å². The highest BCUT2D eigenvalue weighted by Gasteiger charge is 2.22. The molecule has 1 aromatic heterocycles. The first-order valence-corrected chi connectivity index (χ1v) is 12.0. The number of likely N-dealkylation sites (tertiary alicyclic amines) is 1. The summed E-state index contributed by atoms with van der Waals surface area (Å²) >= 11 is 0. The van der Waals surface area contributed by atoms with E-state index in [2.05, 4.69) is 28.3 Å². The summed E-state index contributed by atoms with van der Waals surface area (Å²) in [6, 6.07) is 3.79. The number of nitrogens with zero attached hydrogens (tertiary/aromatic N) is 3. The van der Waals surface area contributed by atoms with Crippen molar-refractivity contribution < 1.29 is 14.0 Å². The van der Waals surface area contributed by atoms with Crippen LogP contribution in [0.2, 0.25) is 0 Å². The van der Waals surface area contributed by atoms with Gasteiger partial charge in [0.05, 0.1) is 5.69 Å². The van der Waals surface area contributed by atoms with Crippen molar-refractivity contribution in [3.8, 4) is 17.8 Å². The second kappa shape index (κ2) is 11.2. The van der Waals surface area contributed by atoms with E-state index in [0.29, 0.717) is 29.6 Å². The molecule has 2 aliphatic rings. The summed E-state index contributed by atoms with van der Waals surface area (Å²) in [6.45, 7) is 7.82. The zero-order valence-corrected chi connectivity index (χ0v) is 19.7. The van der Waals surface area contributed by atoms with Gasteiger partial charge in [0, 0.05) is 11.9 Å². The fourth-order valence-electron chi connectivity index (χ4n) is 4.56. The monoisotopic (exact) mass is 447 g/mol. The number of benzene rings is 1. The molecule has 6 heteroatoms. The van der Waals surface area contributed by atoms with E-state index in [9.17, 15) is 0 Å². The number of hydrogen-bond acceptors (Lipinski definition) is 6. The molecule has 174 valence electrons. The number of aryl methyl sites for hydroxylation is 1. The smallest absolute Gasteiger partial charge is 0.292 e. The second-order valence-corrected chi connectivity index (χ2v) is 9.20. The third-order valence-electron chi connectivity index (χ3n) is 6.49.